The molecule has 0 bridgehead atoms. The van der Waals surface area contributed by atoms with Crippen LogP contribution in [0.2, 0.25) is 0 Å². The lowest BCUT2D eigenvalue weighted by atomic mass is 9.68. The van der Waals surface area contributed by atoms with Crippen molar-refractivity contribution >= 4 is 0 Å². The third-order valence-corrected chi connectivity index (χ3v) is 6.36. The van der Waals surface area contributed by atoms with Crippen molar-refractivity contribution in [1.29, 1.82) is 0 Å². The molecule has 2 saturated heterocycles. The van der Waals surface area contributed by atoms with Gasteiger partial charge in [0.1, 0.15) is 0 Å². The topological polar surface area (TPSA) is 15.3 Å². The van der Waals surface area contributed by atoms with Crippen molar-refractivity contribution in [2.75, 3.05) is 26.2 Å². The summed E-state index contributed by atoms with van der Waals surface area (Å²) >= 11 is 0. The zero-order valence-corrected chi connectivity index (χ0v) is 13.0. The molecule has 1 N–H and O–H groups in total. The van der Waals surface area contributed by atoms with Gasteiger partial charge in [-0.1, -0.05) is 12.8 Å². The number of hydrogen-bond acceptors (Lipinski definition) is 2. The second-order valence-electron chi connectivity index (χ2n) is 7.95. The van der Waals surface area contributed by atoms with Crippen molar-refractivity contribution in [3.63, 3.8) is 0 Å². The third-order valence-electron chi connectivity index (χ3n) is 6.36. The fraction of sp³-hybridized carbons (Fsp3) is 1.00. The van der Waals surface area contributed by atoms with Crippen molar-refractivity contribution in [3.05, 3.63) is 0 Å². The van der Waals surface area contributed by atoms with E-state index in [-0.39, 0.29) is 0 Å². The van der Waals surface area contributed by atoms with E-state index >= 15 is 0 Å². The molecule has 4 rings (SSSR count). The Hall–Kier alpha value is -0.0800. The molecule has 2 aliphatic carbocycles. The summed E-state index contributed by atoms with van der Waals surface area (Å²) in [5, 5.41) is 3.42. The largest absolute Gasteiger partial charge is 0.316 e. The lowest BCUT2D eigenvalue weighted by Gasteiger charge is -2.38. The van der Waals surface area contributed by atoms with Crippen LogP contribution in [0.25, 0.3) is 0 Å². The minimum Gasteiger partial charge on any atom is -0.316 e. The summed E-state index contributed by atoms with van der Waals surface area (Å²) in [5.74, 6) is 0. The van der Waals surface area contributed by atoms with Crippen LogP contribution in [-0.4, -0.2) is 37.1 Å². The molecule has 0 aromatic rings. The minimum atomic E-state index is 0.773. The highest BCUT2D eigenvalue weighted by Gasteiger charge is 2.43. The van der Waals surface area contributed by atoms with Gasteiger partial charge in [0.25, 0.3) is 0 Å². The fourth-order valence-electron chi connectivity index (χ4n) is 4.39. The maximum absolute atomic E-state index is 3.42. The van der Waals surface area contributed by atoms with E-state index < -0.39 is 0 Å². The molecule has 4 fully saturated rings. The maximum atomic E-state index is 3.42. The molecule has 2 nitrogen and oxygen atoms in total. The standard InChI is InChI=1S/C10H19N.C7H13N/c1-9(2)11-7-6-10(8-11)4-3-5-10;1-2-7(3-1)4-5-8-6-7/h9H,3-8H2,1-2H3;8H,1-6H2. The van der Waals surface area contributed by atoms with E-state index in [4.69, 9.17) is 0 Å². The molecule has 19 heavy (non-hydrogen) atoms. The van der Waals surface area contributed by atoms with Gasteiger partial charge in [-0.05, 0) is 76.3 Å². The van der Waals surface area contributed by atoms with Gasteiger partial charge < -0.3 is 10.2 Å². The Morgan fingerprint density at radius 2 is 1.58 bits per heavy atom. The highest BCUT2D eigenvalue weighted by atomic mass is 15.2. The fourth-order valence-corrected chi connectivity index (χ4v) is 4.39. The highest BCUT2D eigenvalue weighted by molar-refractivity contribution is 4.96. The molecule has 2 aliphatic heterocycles. The third kappa shape index (κ3) is 2.85. The van der Waals surface area contributed by atoms with E-state index in [1.54, 1.807) is 0 Å². The first-order valence-electron chi connectivity index (χ1n) is 8.58. The van der Waals surface area contributed by atoms with Gasteiger partial charge in [0, 0.05) is 19.1 Å². The van der Waals surface area contributed by atoms with Crippen LogP contribution in [0.15, 0.2) is 0 Å². The van der Waals surface area contributed by atoms with Gasteiger partial charge in [-0.15, -0.1) is 0 Å². The molecule has 110 valence electrons. The Kier molecular flexibility index (Phi) is 3.92. The van der Waals surface area contributed by atoms with Crippen molar-refractivity contribution in [1.82, 2.24) is 10.2 Å². The van der Waals surface area contributed by atoms with E-state index in [1.807, 2.05) is 0 Å². The molecule has 0 radical (unpaired) electrons. The first-order chi connectivity index (χ1) is 9.13. The second kappa shape index (κ2) is 5.37. The summed E-state index contributed by atoms with van der Waals surface area (Å²) in [4.78, 5) is 2.64. The zero-order valence-electron chi connectivity index (χ0n) is 13.0. The Morgan fingerprint density at radius 1 is 0.895 bits per heavy atom. The molecule has 4 aliphatic rings. The molecule has 0 amide bonds. The zero-order chi connectivity index (χ0) is 13.3. The maximum Gasteiger partial charge on any atom is 0.00412 e. The van der Waals surface area contributed by atoms with Crippen LogP contribution in [0.5, 0.6) is 0 Å². The smallest absolute Gasteiger partial charge is 0.00412 e. The van der Waals surface area contributed by atoms with Crippen LogP contribution in [0.1, 0.15) is 65.2 Å². The Bertz CT molecular complexity index is 294. The minimum absolute atomic E-state index is 0.773. The van der Waals surface area contributed by atoms with Crippen LogP contribution >= 0.6 is 0 Å². The number of nitrogens with zero attached hydrogens (tertiary/aromatic N) is 1. The molecule has 2 heteroatoms. The predicted molar refractivity (Wildman–Crippen MR) is 81.4 cm³/mol. The van der Waals surface area contributed by atoms with Gasteiger partial charge in [-0.25, -0.2) is 0 Å². The lowest BCUT2D eigenvalue weighted by molar-refractivity contribution is 0.130. The van der Waals surface area contributed by atoms with Crippen molar-refractivity contribution in [3.8, 4) is 0 Å². The Labute approximate surface area is 119 Å². The monoisotopic (exact) mass is 264 g/mol. The molecule has 2 saturated carbocycles. The lowest BCUT2D eigenvalue weighted by Crippen LogP contribution is -2.35. The molecule has 2 spiro atoms. The van der Waals surface area contributed by atoms with Crippen LogP contribution < -0.4 is 5.32 Å². The van der Waals surface area contributed by atoms with Gasteiger partial charge in [-0.3, -0.25) is 0 Å². The molecule has 0 unspecified atom stereocenters. The van der Waals surface area contributed by atoms with Crippen LogP contribution in [0.4, 0.5) is 0 Å². The first kappa shape index (κ1) is 13.9. The first-order valence-corrected chi connectivity index (χ1v) is 8.58. The quantitative estimate of drug-likeness (QED) is 0.780. The van der Waals surface area contributed by atoms with Gasteiger partial charge >= 0.3 is 0 Å². The normalized spacial score (nSPS) is 31.1. The summed E-state index contributed by atoms with van der Waals surface area (Å²) in [6.45, 7) is 9.98. The summed E-state index contributed by atoms with van der Waals surface area (Å²) in [6, 6.07) is 0.773. The van der Waals surface area contributed by atoms with Crippen LogP contribution in [0.3, 0.4) is 0 Å². The average molecular weight is 264 g/mol. The number of rotatable bonds is 1. The van der Waals surface area contributed by atoms with E-state index in [2.05, 4.69) is 24.1 Å². The van der Waals surface area contributed by atoms with E-state index in [1.165, 1.54) is 77.5 Å². The van der Waals surface area contributed by atoms with Gasteiger partial charge in [0.15, 0.2) is 0 Å². The molecule has 0 atom stereocenters. The van der Waals surface area contributed by atoms with E-state index in [9.17, 15) is 0 Å². The van der Waals surface area contributed by atoms with Crippen molar-refractivity contribution in [2.24, 2.45) is 10.8 Å². The van der Waals surface area contributed by atoms with Crippen molar-refractivity contribution in [2.45, 2.75) is 71.3 Å². The highest BCUT2D eigenvalue weighted by Crippen LogP contribution is 2.48. The summed E-state index contributed by atoms with van der Waals surface area (Å²) < 4.78 is 0. The summed E-state index contributed by atoms with van der Waals surface area (Å²) in [5.41, 5.74) is 1.60. The molecule has 2 heterocycles. The molecule has 0 aromatic carbocycles. The summed E-state index contributed by atoms with van der Waals surface area (Å²) in [7, 11) is 0. The Morgan fingerprint density at radius 3 is 1.84 bits per heavy atom. The summed E-state index contributed by atoms with van der Waals surface area (Å²) in [6.07, 6.45) is 11.9. The number of likely N-dealkylation sites (tertiary alicyclic amines) is 1. The average Bonchev–Trinajstić information content (AvgIpc) is 2.96. The number of hydrogen-bond donors (Lipinski definition) is 1. The predicted octanol–water partition coefficient (Wildman–Crippen LogP) is 3.42. The number of nitrogens with one attached hydrogen (secondary N) is 1. The van der Waals surface area contributed by atoms with Gasteiger partial charge in [-0.2, -0.15) is 0 Å². The molecular weight excluding hydrogens is 232 g/mol. The van der Waals surface area contributed by atoms with Crippen LogP contribution in [0, 0.1) is 10.8 Å². The van der Waals surface area contributed by atoms with Crippen LogP contribution in [-0.2, 0) is 0 Å². The van der Waals surface area contributed by atoms with Crippen molar-refractivity contribution < 1.29 is 0 Å². The molecular formula is C17H32N2. The SMILES string of the molecule is C1CC2(C1)CCNC2.CC(C)N1CCC2(CCC2)C1. The Balaban J connectivity index is 0.000000122. The van der Waals surface area contributed by atoms with E-state index in [0.717, 1.165) is 16.9 Å². The van der Waals surface area contributed by atoms with Gasteiger partial charge in [0.05, 0.1) is 0 Å². The molecule has 0 aromatic heterocycles. The van der Waals surface area contributed by atoms with E-state index in [0.29, 0.717) is 0 Å². The second-order valence-corrected chi connectivity index (χ2v) is 7.95. The van der Waals surface area contributed by atoms with Gasteiger partial charge in [0.2, 0.25) is 0 Å².